The number of ether oxygens (including phenoxy) is 5. The Labute approximate surface area is 227 Å². The van der Waals surface area contributed by atoms with E-state index in [1.165, 1.54) is 0 Å². The highest BCUT2D eigenvalue weighted by atomic mass is 16.7. The molecular weight excluding hydrogens is 548 g/mol. The SMILES string of the molecule is CC(=O)NC1=C(O)[C@H]([C@H](O)CO[C@@H]2O[C@H](CO)[C@@H](O[C@H]3O[C@H](CO)[C@H](O)[C@H](O)[C@H]3O)[C@H](O)[C@H]2NC(C)=O)OC1O. The summed E-state index contributed by atoms with van der Waals surface area (Å²) in [6, 6.07) is -1.41. The first-order chi connectivity index (χ1) is 18.8. The highest BCUT2D eigenvalue weighted by molar-refractivity contribution is 5.75. The third kappa shape index (κ3) is 7.05. The summed E-state index contributed by atoms with van der Waals surface area (Å²) in [6.45, 7) is 0.0300. The van der Waals surface area contributed by atoms with Gasteiger partial charge in [0.05, 0.1) is 19.8 Å². The summed E-state index contributed by atoms with van der Waals surface area (Å²) >= 11 is 0. The van der Waals surface area contributed by atoms with Crippen LogP contribution in [0.15, 0.2) is 11.5 Å². The van der Waals surface area contributed by atoms with Crippen LogP contribution in [0.4, 0.5) is 0 Å². The molecule has 3 rings (SSSR count). The van der Waals surface area contributed by atoms with E-state index in [0.29, 0.717) is 0 Å². The summed E-state index contributed by atoms with van der Waals surface area (Å²) in [5, 5.41) is 95.9. The normalized spacial score (nSPS) is 41.0. The van der Waals surface area contributed by atoms with Crippen molar-refractivity contribution in [2.24, 2.45) is 0 Å². The third-order valence-electron chi connectivity index (χ3n) is 6.52. The average Bonchev–Trinajstić information content (AvgIpc) is 3.17. The Kier molecular flexibility index (Phi) is 11.2. The van der Waals surface area contributed by atoms with Gasteiger partial charge in [0.1, 0.15) is 72.4 Å². The highest BCUT2D eigenvalue weighted by Crippen LogP contribution is 2.30. The van der Waals surface area contributed by atoms with E-state index in [4.69, 9.17) is 23.7 Å². The first kappa shape index (κ1) is 32.5. The molecule has 18 nitrogen and oxygen atoms in total. The van der Waals surface area contributed by atoms with Gasteiger partial charge >= 0.3 is 0 Å². The van der Waals surface area contributed by atoms with Crippen LogP contribution in [0.25, 0.3) is 0 Å². The molecule has 0 aromatic carbocycles. The van der Waals surface area contributed by atoms with Crippen LogP contribution in [0.5, 0.6) is 0 Å². The molecule has 230 valence electrons. The Morgan fingerprint density at radius 2 is 1.50 bits per heavy atom. The lowest BCUT2D eigenvalue weighted by atomic mass is 9.95. The molecule has 11 N–H and O–H groups in total. The van der Waals surface area contributed by atoms with Crippen LogP contribution in [-0.4, -0.2) is 157 Å². The van der Waals surface area contributed by atoms with E-state index in [2.05, 4.69) is 10.6 Å². The molecule has 40 heavy (non-hydrogen) atoms. The van der Waals surface area contributed by atoms with E-state index < -0.39 is 117 Å². The number of carbonyl (C=O) groups is 2. The van der Waals surface area contributed by atoms with Gasteiger partial charge in [-0.3, -0.25) is 9.59 Å². The number of nitrogens with one attached hydrogen (secondary N) is 2. The van der Waals surface area contributed by atoms with Crippen LogP contribution in [0, 0.1) is 0 Å². The molecule has 2 amide bonds. The van der Waals surface area contributed by atoms with Crippen LogP contribution >= 0.6 is 0 Å². The fourth-order valence-electron chi connectivity index (χ4n) is 4.52. The monoisotopic (exact) mass is 584 g/mol. The quantitative estimate of drug-likeness (QED) is 0.114. The lowest BCUT2D eigenvalue weighted by Crippen LogP contribution is -2.67. The molecule has 0 aromatic rings. The standard InChI is InChI=1S/C22H36N2O16/c1-6(27)23-11-14(31)18(39-20(11)35)8(29)5-36-21-12(24-7(2)28)15(32)19(10(4-26)38-21)40-22-17(34)16(33)13(30)9(3-25)37-22/h8-10,12-13,15-22,25-26,29-35H,3-5H2,1-2H3,(H,23,27)(H,24,28)/t8-,9-,10-,12-,13+,15-,16+,17-,18+,19-,20?,21-,22-/m1/s1. The maximum absolute atomic E-state index is 11.9. The van der Waals surface area contributed by atoms with Crippen molar-refractivity contribution in [1.29, 1.82) is 0 Å². The van der Waals surface area contributed by atoms with Crippen LogP contribution in [0.1, 0.15) is 13.8 Å². The minimum atomic E-state index is -1.84. The first-order valence-corrected chi connectivity index (χ1v) is 12.3. The van der Waals surface area contributed by atoms with Crippen molar-refractivity contribution in [1.82, 2.24) is 10.6 Å². The Hall–Kier alpha value is -2.04. The molecule has 0 saturated carbocycles. The van der Waals surface area contributed by atoms with Crippen molar-refractivity contribution in [2.45, 2.75) is 93.7 Å². The van der Waals surface area contributed by atoms with Gasteiger partial charge in [-0.1, -0.05) is 0 Å². The molecule has 0 radical (unpaired) electrons. The third-order valence-corrected chi connectivity index (χ3v) is 6.52. The Balaban J connectivity index is 1.73. The second-order valence-electron chi connectivity index (χ2n) is 9.53. The average molecular weight is 585 g/mol. The van der Waals surface area contributed by atoms with Crippen LogP contribution in [0.3, 0.4) is 0 Å². The summed E-state index contributed by atoms with van der Waals surface area (Å²) < 4.78 is 27.1. The summed E-state index contributed by atoms with van der Waals surface area (Å²) in [7, 11) is 0. The smallest absolute Gasteiger partial charge is 0.221 e. The summed E-state index contributed by atoms with van der Waals surface area (Å²) in [5.74, 6) is -1.93. The second kappa shape index (κ2) is 13.7. The first-order valence-electron chi connectivity index (χ1n) is 12.3. The fourth-order valence-corrected chi connectivity index (χ4v) is 4.52. The van der Waals surface area contributed by atoms with Crippen molar-refractivity contribution in [3.63, 3.8) is 0 Å². The number of aliphatic hydroxyl groups excluding tert-OH is 9. The van der Waals surface area contributed by atoms with Crippen molar-refractivity contribution in [2.75, 3.05) is 19.8 Å². The number of amides is 2. The molecule has 0 aromatic heterocycles. The summed E-state index contributed by atoms with van der Waals surface area (Å²) in [4.78, 5) is 23.1. The molecular formula is C22H36N2O16. The van der Waals surface area contributed by atoms with Gasteiger partial charge in [0.15, 0.2) is 12.6 Å². The number of hydrogen-bond donors (Lipinski definition) is 11. The van der Waals surface area contributed by atoms with Gasteiger partial charge in [0.2, 0.25) is 18.1 Å². The summed E-state index contributed by atoms with van der Waals surface area (Å²) in [5.41, 5.74) is -0.370. The van der Waals surface area contributed by atoms with Crippen LogP contribution < -0.4 is 10.6 Å². The number of hydrogen-bond acceptors (Lipinski definition) is 16. The van der Waals surface area contributed by atoms with Crippen molar-refractivity contribution >= 4 is 11.8 Å². The molecule has 2 saturated heterocycles. The lowest BCUT2D eigenvalue weighted by molar-refractivity contribution is -0.349. The van der Waals surface area contributed by atoms with Gasteiger partial charge in [-0.15, -0.1) is 0 Å². The lowest BCUT2D eigenvalue weighted by Gasteiger charge is -2.47. The van der Waals surface area contributed by atoms with Crippen molar-refractivity contribution < 1.29 is 79.2 Å². The molecule has 18 heteroatoms. The number of rotatable bonds is 10. The van der Waals surface area contributed by atoms with Crippen molar-refractivity contribution in [3.8, 4) is 0 Å². The Morgan fingerprint density at radius 3 is 2.08 bits per heavy atom. The number of aliphatic hydroxyl groups is 9. The highest BCUT2D eigenvalue weighted by Gasteiger charge is 2.51. The van der Waals surface area contributed by atoms with Gasteiger partial charge in [-0.05, 0) is 0 Å². The molecule has 0 bridgehead atoms. The zero-order valence-corrected chi connectivity index (χ0v) is 21.5. The van der Waals surface area contributed by atoms with E-state index in [1.54, 1.807) is 0 Å². The van der Waals surface area contributed by atoms with E-state index in [9.17, 15) is 55.5 Å². The minimum Gasteiger partial charge on any atom is -0.507 e. The van der Waals surface area contributed by atoms with Gasteiger partial charge in [0, 0.05) is 13.8 Å². The maximum atomic E-state index is 11.9. The largest absolute Gasteiger partial charge is 0.507 e. The maximum Gasteiger partial charge on any atom is 0.221 e. The zero-order chi connectivity index (χ0) is 29.9. The van der Waals surface area contributed by atoms with Crippen LogP contribution in [0.2, 0.25) is 0 Å². The minimum absolute atomic E-state index is 0.370. The molecule has 0 spiro atoms. The van der Waals surface area contributed by atoms with Gasteiger partial charge < -0.3 is 80.3 Å². The molecule has 3 heterocycles. The van der Waals surface area contributed by atoms with Gasteiger partial charge in [-0.2, -0.15) is 0 Å². The van der Waals surface area contributed by atoms with Crippen molar-refractivity contribution in [3.05, 3.63) is 11.5 Å². The summed E-state index contributed by atoms with van der Waals surface area (Å²) in [6.07, 6.45) is -19.4. The topological polar surface area (TPSA) is 286 Å². The second-order valence-corrected chi connectivity index (χ2v) is 9.53. The number of carbonyl (C=O) groups excluding carboxylic acids is 2. The Morgan fingerprint density at radius 1 is 0.875 bits per heavy atom. The predicted octanol–water partition coefficient (Wildman–Crippen LogP) is -6.25. The van der Waals surface area contributed by atoms with E-state index >= 15 is 0 Å². The molecule has 3 aliphatic heterocycles. The van der Waals surface area contributed by atoms with E-state index in [0.717, 1.165) is 13.8 Å². The molecule has 1 unspecified atom stereocenters. The molecule has 13 atom stereocenters. The zero-order valence-electron chi connectivity index (χ0n) is 21.5. The Bertz CT molecular complexity index is 919. The fraction of sp³-hybridized carbons (Fsp3) is 0.818. The molecule has 2 fully saturated rings. The molecule has 3 aliphatic rings. The van der Waals surface area contributed by atoms with E-state index in [-0.39, 0.29) is 5.70 Å². The predicted molar refractivity (Wildman–Crippen MR) is 124 cm³/mol. The van der Waals surface area contributed by atoms with Gasteiger partial charge in [-0.25, -0.2) is 0 Å². The molecule has 0 aliphatic carbocycles. The van der Waals surface area contributed by atoms with Crippen LogP contribution in [-0.2, 0) is 33.3 Å². The van der Waals surface area contributed by atoms with E-state index in [1.807, 2.05) is 0 Å². The van der Waals surface area contributed by atoms with Gasteiger partial charge in [0.25, 0.3) is 0 Å².